The molecule has 7 nitrogen and oxygen atoms in total. The molecule has 1 aromatic rings. The molecule has 0 radical (unpaired) electrons. The summed E-state index contributed by atoms with van der Waals surface area (Å²) in [6.07, 6.45) is 2.49. The second-order valence-corrected chi connectivity index (χ2v) is 6.84. The van der Waals surface area contributed by atoms with Gasteiger partial charge in [0.15, 0.2) is 5.76 Å². The van der Waals surface area contributed by atoms with Gasteiger partial charge >= 0.3 is 5.97 Å². The summed E-state index contributed by atoms with van der Waals surface area (Å²) < 4.78 is 16.4. The number of benzene rings is 1. The van der Waals surface area contributed by atoms with Crippen molar-refractivity contribution in [1.29, 1.82) is 0 Å². The summed E-state index contributed by atoms with van der Waals surface area (Å²) in [5.41, 5.74) is 1.40. The van der Waals surface area contributed by atoms with E-state index in [1.54, 1.807) is 26.2 Å². The minimum Gasteiger partial charge on any atom is -0.465 e. The van der Waals surface area contributed by atoms with Gasteiger partial charge in [0, 0.05) is 39.1 Å². The Morgan fingerprint density at radius 3 is 2.43 bits per heavy atom. The molecule has 1 amide bonds. The highest BCUT2D eigenvalue weighted by Gasteiger charge is 2.38. The fourth-order valence-corrected chi connectivity index (χ4v) is 3.32. The average Bonchev–Trinajstić information content (AvgIpc) is 2.71. The molecule has 0 aromatic heterocycles. The number of methoxy groups -OCH3 is 1. The van der Waals surface area contributed by atoms with Crippen molar-refractivity contribution in [2.45, 2.75) is 32.0 Å². The Morgan fingerprint density at radius 1 is 1.21 bits per heavy atom. The van der Waals surface area contributed by atoms with E-state index >= 15 is 0 Å². The molecule has 2 rings (SSSR count). The summed E-state index contributed by atoms with van der Waals surface area (Å²) in [6, 6.07) is 7.12. The molecule has 1 heterocycles. The van der Waals surface area contributed by atoms with Gasteiger partial charge < -0.3 is 24.2 Å². The summed E-state index contributed by atoms with van der Waals surface area (Å²) in [4.78, 5) is 25.7. The van der Waals surface area contributed by atoms with E-state index in [0.29, 0.717) is 25.0 Å². The monoisotopic (exact) mass is 391 g/mol. The van der Waals surface area contributed by atoms with Gasteiger partial charge in [0.2, 0.25) is 6.29 Å². The maximum atomic E-state index is 12.5. The first-order valence-corrected chi connectivity index (χ1v) is 9.43. The molecule has 1 aromatic carbocycles. The van der Waals surface area contributed by atoms with Gasteiger partial charge in [-0.1, -0.05) is 12.1 Å². The molecule has 0 bridgehead atoms. The molecule has 1 aliphatic rings. The minimum atomic E-state index is -0.592. The van der Waals surface area contributed by atoms with Crippen molar-refractivity contribution >= 4 is 11.9 Å². The normalized spacial score (nSPS) is 21.5. The van der Waals surface area contributed by atoms with Crippen LogP contribution in [0.3, 0.4) is 0 Å². The van der Waals surface area contributed by atoms with Gasteiger partial charge in [0.25, 0.3) is 5.91 Å². The van der Waals surface area contributed by atoms with Crippen molar-refractivity contribution in [3.8, 4) is 0 Å². The van der Waals surface area contributed by atoms with E-state index in [0.717, 1.165) is 5.56 Å². The first-order chi connectivity index (χ1) is 13.4. The van der Waals surface area contributed by atoms with Gasteiger partial charge in [-0.2, -0.15) is 0 Å². The Bertz CT molecular complexity index is 697. The number of ether oxygens (including phenoxy) is 3. The highest BCUT2D eigenvalue weighted by Crippen LogP contribution is 2.39. The van der Waals surface area contributed by atoms with E-state index in [2.05, 4.69) is 0 Å². The summed E-state index contributed by atoms with van der Waals surface area (Å²) in [5, 5.41) is 9.30. The lowest BCUT2D eigenvalue weighted by Gasteiger charge is -2.37. The van der Waals surface area contributed by atoms with E-state index in [4.69, 9.17) is 14.2 Å². The quantitative estimate of drug-likeness (QED) is 0.685. The highest BCUT2D eigenvalue weighted by atomic mass is 16.7. The van der Waals surface area contributed by atoms with Crippen molar-refractivity contribution in [3.63, 3.8) is 0 Å². The summed E-state index contributed by atoms with van der Waals surface area (Å²) >= 11 is 0. The molecule has 3 atom stereocenters. The summed E-state index contributed by atoms with van der Waals surface area (Å²) in [7, 11) is 4.68. The number of aliphatic hydroxyl groups is 1. The number of nitrogens with zero attached hydrogens (tertiary/aromatic N) is 1. The van der Waals surface area contributed by atoms with Gasteiger partial charge in [-0.3, -0.25) is 4.79 Å². The van der Waals surface area contributed by atoms with Gasteiger partial charge in [-0.25, -0.2) is 4.79 Å². The second-order valence-electron chi connectivity index (χ2n) is 6.84. The van der Waals surface area contributed by atoms with Crippen LogP contribution in [0.5, 0.6) is 0 Å². The molecule has 7 heteroatoms. The lowest BCUT2D eigenvalue weighted by atomic mass is 9.80. The topological polar surface area (TPSA) is 85.3 Å². The highest BCUT2D eigenvalue weighted by molar-refractivity contribution is 5.91. The molecule has 0 aliphatic carbocycles. The molecular formula is C21H29NO6. The number of hydrogen-bond acceptors (Lipinski definition) is 6. The number of aliphatic hydroxyl groups excluding tert-OH is 1. The molecule has 154 valence electrons. The maximum Gasteiger partial charge on any atom is 0.337 e. The van der Waals surface area contributed by atoms with Crippen molar-refractivity contribution in [3.05, 3.63) is 47.2 Å². The van der Waals surface area contributed by atoms with Crippen LogP contribution in [-0.4, -0.2) is 62.6 Å². The van der Waals surface area contributed by atoms with Crippen LogP contribution in [-0.2, 0) is 19.0 Å². The SMILES string of the molecule is CCO[C@H]1OC(C(=O)N(C)C)=C[C@@H](c2ccc(C(=O)OC)cc2)[C@H]1CCCO. The van der Waals surface area contributed by atoms with E-state index < -0.39 is 12.3 Å². The van der Waals surface area contributed by atoms with Crippen molar-refractivity contribution in [1.82, 2.24) is 4.90 Å². The predicted octanol–water partition coefficient (Wildman–Crippen LogP) is 2.31. The molecule has 0 fully saturated rings. The smallest absolute Gasteiger partial charge is 0.337 e. The molecule has 1 N–H and O–H groups in total. The third-order valence-corrected chi connectivity index (χ3v) is 4.75. The number of rotatable bonds is 8. The molecular weight excluding hydrogens is 362 g/mol. The number of carbonyl (C=O) groups excluding carboxylic acids is 2. The maximum absolute atomic E-state index is 12.5. The number of esters is 1. The first-order valence-electron chi connectivity index (χ1n) is 9.43. The molecule has 1 aliphatic heterocycles. The molecule has 0 saturated heterocycles. The summed E-state index contributed by atoms with van der Waals surface area (Å²) in [6.45, 7) is 2.38. The molecule has 0 unspecified atom stereocenters. The Morgan fingerprint density at radius 2 is 1.89 bits per heavy atom. The van der Waals surface area contributed by atoms with E-state index in [9.17, 15) is 14.7 Å². The number of carbonyl (C=O) groups is 2. The zero-order chi connectivity index (χ0) is 20.7. The Hall–Kier alpha value is -2.38. The van der Waals surface area contributed by atoms with Crippen LogP contribution < -0.4 is 0 Å². The fraction of sp³-hybridized carbons (Fsp3) is 0.524. The largest absolute Gasteiger partial charge is 0.465 e. The van der Waals surface area contributed by atoms with Gasteiger partial charge in [-0.05, 0) is 43.5 Å². The fourth-order valence-electron chi connectivity index (χ4n) is 3.32. The predicted molar refractivity (Wildman–Crippen MR) is 104 cm³/mol. The number of amides is 1. The Kier molecular flexibility index (Phi) is 8.02. The van der Waals surface area contributed by atoms with Gasteiger partial charge in [-0.15, -0.1) is 0 Å². The van der Waals surface area contributed by atoms with Crippen LogP contribution in [0.1, 0.15) is 41.6 Å². The van der Waals surface area contributed by atoms with Gasteiger partial charge in [0.1, 0.15) is 0 Å². The number of allylic oxidation sites excluding steroid dienone is 1. The zero-order valence-corrected chi connectivity index (χ0v) is 16.9. The van der Waals surface area contributed by atoms with Crippen molar-refractivity contribution in [2.24, 2.45) is 5.92 Å². The molecule has 28 heavy (non-hydrogen) atoms. The van der Waals surface area contributed by atoms with Crippen LogP contribution in [0.2, 0.25) is 0 Å². The third-order valence-electron chi connectivity index (χ3n) is 4.75. The number of hydrogen-bond donors (Lipinski definition) is 1. The van der Waals surface area contributed by atoms with E-state index in [-0.39, 0.29) is 30.1 Å². The number of likely N-dealkylation sites (N-methyl/N-ethyl adjacent to an activating group) is 1. The Labute approximate surface area is 165 Å². The van der Waals surface area contributed by atoms with Crippen molar-refractivity contribution < 1.29 is 28.9 Å². The van der Waals surface area contributed by atoms with Crippen molar-refractivity contribution in [2.75, 3.05) is 34.4 Å². The van der Waals surface area contributed by atoms with Crippen LogP contribution in [0.25, 0.3) is 0 Å². The zero-order valence-electron chi connectivity index (χ0n) is 16.9. The van der Waals surface area contributed by atoms with E-state index in [1.165, 1.54) is 12.0 Å². The lowest BCUT2D eigenvalue weighted by molar-refractivity contribution is -0.169. The third kappa shape index (κ3) is 5.11. The van der Waals surface area contributed by atoms with E-state index in [1.807, 2.05) is 25.1 Å². The van der Waals surface area contributed by atoms with Gasteiger partial charge in [0.05, 0.1) is 12.7 Å². The molecule has 0 spiro atoms. The summed E-state index contributed by atoms with van der Waals surface area (Å²) in [5.74, 6) is -0.619. The Balaban J connectivity index is 2.43. The minimum absolute atomic E-state index is 0.0660. The van der Waals surface area contributed by atoms with Crippen LogP contribution >= 0.6 is 0 Å². The second kappa shape index (κ2) is 10.2. The van der Waals surface area contributed by atoms with Crippen LogP contribution in [0.15, 0.2) is 36.1 Å². The van der Waals surface area contributed by atoms with Crippen LogP contribution in [0.4, 0.5) is 0 Å². The first kappa shape index (κ1) is 21.9. The lowest BCUT2D eigenvalue weighted by Crippen LogP contribution is -2.38. The standard InChI is InChI=1S/C21H29NO6/c1-5-27-21-16(7-6-12-23)17(13-18(28-21)19(24)22(2)3)14-8-10-15(11-9-14)20(25)26-4/h8-11,13,16-17,21,23H,5-7,12H2,1-4H3/t16-,17+,21+/m1/s1. The molecule has 0 saturated carbocycles. The average molecular weight is 391 g/mol. The van der Waals surface area contributed by atoms with Crippen LogP contribution in [0, 0.1) is 5.92 Å².